The van der Waals surface area contributed by atoms with Gasteiger partial charge in [-0.3, -0.25) is 4.79 Å². The van der Waals surface area contributed by atoms with Crippen LogP contribution in [0, 0.1) is 13.8 Å². The van der Waals surface area contributed by atoms with E-state index >= 15 is 0 Å². The summed E-state index contributed by atoms with van der Waals surface area (Å²) < 4.78 is 33.5. The molecular formula is C29H36O14. The van der Waals surface area contributed by atoms with Gasteiger partial charge in [0.2, 0.25) is 6.29 Å². The number of phenolic OH excluding ortho intramolecular Hbond substituents is 1. The third-order valence-electron chi connectivity index (χ3n) is 8.13. The molecule has 0 aliphatic carbocycles. The van der Waals surface area contributed by atoms with Crippen molar-refractivity contribution in [1.82, 2.24) is 0 Å². The summed E-state index contributed by atoms with van der Waals surface area (Å²) >= 11 is 0. The first-order chi connectivity index (χ1) is 20.4. The van der Waals surface area contributed by atoms with Crippen molar-refractivity contribution >= 4 is 5.78 Å². The maximum Gasteiger partial charge on any atom is 0.229 e. The fourth-order valence-electron chi connectivity index (χ4n) is 5.50. The van der Waals surface area contributed by atoms with Crippen molar-refractivity contribution < 1.29 is 69.0 Å². The first-order valence-corrected chi connectivity index (χ1v) is 13.7. The lowest BCUT2D eigenvalue weighted by Gasteiger charge is -2.40. The maximum absolute atomic E-state index is 13.0. The molecule has 2 saturated heterocycles. The van der Waals surface area contributed by atoms with Gasteiger partial charge in [0, 0.05) is 11.1 Å². The predicted octanol–water partition coefficient (Wildman–Crippen LogP) is -0.632. The fourth-order valence-corrected chi connectivity index (χ4v) is 5.50. The highest BCUT2D eigenvalue weighted by Gasteiger charge is 2.50. The van der Waals surface area contributed by atoms with Crippen LogP contribution in [0.3, 0.4) is 0 Å². The van der Waals surface area contributed by atoms with Crippen molar-refractivity contribution in [2.75, 3.05) is 26.9 Å². The summed E-state index contributed by atoms with van der Waals surface area (Å²) in [6.45, 7) is 1.85. The van der Waals surface area contributed by atoms with E-state index in [2.05, 4.69) is 0 Å². The second-order valence-corrected chi connectivity index (χ2v) is 11.0. The summed E-state index contributed by atoms with van der Waals surface area (Å²) in [5.41, 5.74) is -0.114. The smallest absolute Gasteiger partial charge is 0.229 e. The SMILES string of the molecule is COc1c(C)c(O)c2c(c1C)O[C@@H](c1ccc(O[C@@H]3O[C@H](CO[C@@H]4OC[C@](O)(CO)[C@H]4O)[C@@H](O)[C@H](O)[C@H]3O)cc1)CC2=O. The van der Waals surface area contributed by atoms with Crippen molar-refractivity contribution in [3.05, 3.63) is 46.5 Å². The molecule has 3 aliphatic heterocycles. The summed E-state index contributed by atoms with van der Waals surface area (Å²) in [5, 5.41) is 71.4. The molecule has 0 spiro atoms. The van der Waals surface area contributed by atoms with Gasteiger partial charge in [0.25, 0.3) is 0 Å². The van der Waals surface area contributed by atoms with Crippen LogP contribution < -0.4 is 14.2 Å². The van der Waals surface area contributed by atoms with E-state index in [0.29, 0.717) is 22.4 Å². The average molecular weight is 609 g/mol. The fraction of sp³-hybridized carbons (Fsp3) is 0.552. The number of aromatic hydroxyl groups is 1. The lowest BCUT2D eigenvalue weighted by atomic mass is 9.91. The van der Waals surface area contributed by atoms with Gasteiger partial charge in [0.15, 0.2) is 12.1 Å². The van der Waals surface area contributed by atoms with Crippen LogP contribution in [0.2, 0.25) is 0 Å². The molecule has 14 nitrogen and oxygen atoms in total. The molecule has 2 aromatic rings. The van der Waals surface area contributed by atoms with Gasteiger partial charge in [-0.1, -0.05) is 12.1 Å². The second kappa shape index (κ2) is 12.1. The number of hydrogen-bond donors (Lipinski definition) is 7. The van der Waals surface area contributed by atoms with Crippen LogP contribution in [0.5, 0.6) is 23.0 Å². The van der Waals surface area contributed by atoms with Gasteiger partial charge >= 0.3 is 0 Å². The van der Waals surface area contributed by atoms with Gasteiger partial charge in [-0.05, 0) is 31.5 Å². The van der Waals surface area contributed by atoms with Crippen molar-refractivity contribution in [3.63, 3.8) is 0 Å². The number of ketones is 1. The number of benzene rings is 2. The van der Waals surface area contributed by atoms with Crippen molar-refractivity contribution in [2.45, 2.75) is 75.1 Å². The van der Waals surface area contributed by atoms with E-state index in [1.54, 1.807) is 38.1 Å². The zero-order valence-electron chi connectivity index (χ0n) is 23.7. The largest absolute Gasteiger partial charge is 0.507 e. The highest BCUT2D eigenvalue weighted by molar-refractivity contribution is 6.03. The highest BCUT2D eigenvalue weighted by atomic mass is 16.7. The van der Waals surface area contributed by atoms with E-state index in [1.165, 1.54) is 7.11 Å². The van der Waals surface area contributed by atoms with Crippen LogP contribution in [0.25, 0.3) is 0 Å². The lowest BCUT2D eigenvalue weighted by Crippen LogP contribution is -2.60. The van der Waals surface area contributed by atoms with E-state index < -0.39 is 68.0 Å². The summed E-state index contributed by atoms with van der Waals surface area (Å²) in [7, 11) is 1.47. The van der Waals surface area contributed by atoms with Crippen molar-refractivity contribution in [3.8, 4) is 23.0 Å². The average Bonchev–Trinajstić information content (AvgIpc) is 3.29. The number of aliphatic hydroxyl groups excluding tert-OH is 5. The Labute approximate surface area is 246 Å². The molecule has 14 heteroatoms. The van der Waals surface area contributed by atoms with Gasteiger partial charge in [-0.15, -0.1) is 0 Å². The Kier molecular flexibility index (Phi) is 8.87. The number of phenols is 1. The molecule has 236 valence electrons. The van der Waals surface area contributed by atoms with Crippen LogP contribution in [0.1, 0.15) is 39.6 Å². The monoisotopic (exact) mass is 608 g/mol. The molecule has 43 heavy (non-hydrogen) atoms. The number of hydrogen-bond acceptors (Lipinski definition) is 14. The number of aliphatic hydroxyl groups is 6. The number of methoxy groups -OCH3 is 1. The molecule has 3 aliphatic rings. The Morgan fingerprint density at radius 2 is 1.70 bits per heavy atom. The van der Waals surface area contributed by atoms with Crippen molar-refractivity contribution in [2.24, 2.45) is 0 Å². The molecule has 9 atom stereocenters. The first-order valence-electron chi connectivity index (χ1n) is 13.7. The van der Waals surface area contributed by atoms with Gasteiger partial charge in [0.1, 0.15) is 70.8 Å². The molecule has 2 fully saturated rings. The zero-order valence-corrected chi connectivity index (χ0v) is 23.7. The standard InChI is InChI=1S/C29H36O14/c1-12-20(32)19-16(31)8-17(42-25(19)13(2)24(12)38-3)14-4-6-15(7-5-14)41-27-23(35)22(34)21(33)18(43-27)9-39-28-26(36)29(37,10-30)11-40-28/h4-7,17-18,21-23,26-28,30,32-37H,8-11H2,1-3H3/t17-,18-,21-,22+,23-,26+,27-,28-,29-/m1/s1. The number of Topliss-reactive ketones (excluding diaryl/α,β-unsaturated/α-hetero) is 1. The Balaban J connectivity index is 1.25. The normalized spacial score (nSPS) is 34.0. The number of carbonyl (C=O) groups is 1. The number of fused-ring (bicyclic) bond motifs is 1. The summed E-state index contributed by atoms with van der Waals surface area (Å²) in [4.78, 5) is 13.0. The van der Waals surface area contributed by atoms with Crippen LogP contribution in [-0.2, 0) is 14.2 Å². The summed E-state index contributed by atoms with van der Waals surface area (Å²) in [6.07, 6.45) is -11.1. The van der Waals surface area contributed by atoms with E-state index in [0.717, 1.165) is 0 Å². The van der Waals surface area contributed by atoms with Gasteiger partial charge in [-0.25, -0.2) is 0 Å². The van der Waals surface area contributed by atoms with Crippen LogP contribution in [0.15, 0.2) is 24.3 Å². The van der Waals surface area contributed by atoms with Crippen LogP contribution in [-0.4, -0.2) is 117 Å². The highest BCUT2D eigenvalue weighted by Crippen LogP contribution is 2.47. The van der Waals surface area contributed by atoms with E-state index in [4.69, 9.17) is 28.4 Å². The molecular weight excluding hydrogens is 572 g/mol. The number of ether oxygens (including phenoxy) is 6. The predicted molar refractivity (Wildman–Crippen MR) is 144 cm³/mol. The minimum atomic E-state index is -1.91. The summed E-state index contributed by atoms with van der Waals surface area (Å²) in [6, 6.07) is 6.41. The molecule has 2 aromatic carbocycles. The Bertz CT molecular complexity index is 1330. The van der Waals surface area contributed by atoms with Gasteiger partial charge in [-0.2, -0.15) is 0 Å². The lowest BCUT2D eigenvalue weighted by molar-refractivity contribution is -0.289. The molecule has 7 N–H and O–H groups in total. The van der Waals surface area contributed by atoms with E-state index in [9.17, 15) is 40.5 Å². The number of carbonyl (C=O) groups excluding carboxylic acids is 1. The molecule has 0 unspecified atom stereocenters. The van der Waals surface area contributed by atoms with Crippen LogP contribution in [0.4, 0.5) is 0 Å². The third kappa shape index (κ3) is 5.66. The Hall–Kier alpha value is -3.05. The summed E-state index contributed by atoms with van der Waals surface area (Å²) in [5.74, 6) is 0.443. The molecule has 0 radical (unpaired) electrons. The minimum Gasteiger partial charge on any atom is -0.507 e. The maximum atomic E-state index is 13.0. The minimum absolute atomic E-state index is 0.0166. The number of rotatable bonds is 8. The molecule has 5 rings (SSSR count). The quantitative estimate of drug-likeness (QED) is 0.199. The first kappa shape index (κ1) is 31.4. The van der Waals surface area contributed by atoms with E-state index in [-0.39, 0.29) is 41.6 Å². The topological polar surface area (TPSA) is 214 Å². The molecule has 0 saturated carbocycles. The molecule has 0 aromatic heterocycles. The Morgan fingerprint density at radius 1 is 1.00 bits per heavy atom. The Morgan fingerprint density at radius 3 is 2.33 bits per heavy atom. The molecule has 3 heterocycles. The third-order valence-corrected chi connectivity index (χ3v) is 8.13. The van der Waals surface area contributed by atoms with Gasteiger partial charge < -0.3 is 64.2 Å². The van der Waals surface area contributed by atoms with E-state index in [1.807, 2.05) is 0 Å². The molecule has 0 bridgehead atoms. The zero-order chi connectivity index (χ0) is 31.2. The van der Waals surface area contributed by atoms with Crippen molar-refractivity contribution in [1.29, 1.82) is 0 Å². The van der Waals surface area contributed by atoms with Gasteiger partial charge in [0.05, 0.1) is 33.4 Å². The van der Waals surface area contributed by atoms with Crippen LogP contribution >= 0.6 is 0 Å². The molecule has 0 amide bonds. The second-order valence-electron chi connectivity index (χ2n) is 11.0.